The minimum absolute atomic E-state index is 0. The molecule has 0 radical (unpaired) electrons. The molecule has 0 aromatic heterocycles. The predicted octanol–water partition coefficient (Wildman–Crippen LogP) is -1.31. The van der Waals surface area contributed by atoms with Crippen LogP contribution in [0, 0.1) is 0 Å². The first-order chi connectivity index (χ1) is 4.16. The third-order valence-corrected chi connectivity index (χ3v) is 0.860. The summed E-state index contributed by atoms with van der Waals surface area (Å²) in [6.07, 6.45) is -1.41. The van der Waals surface area contributed by atoms with Gasteiger partial charge in [-0.25, -0.2) is 0 Å². The maximum Gasteiger partial charge on any atom is 0.102 e. The fourth-order valence-electron chi connectivity index (χ4n) is 0.371. The summed E-state index contributed by atoms with van der Waals surface area (Å²) < 4.78 is 0. The van der Waals surface area contributed by atoms with Crippen LogP contribution in [0.25, 0.3) is 0 Å². The van der Waals surface area contributed by atoms with Crippen LogP contribution in [0.3, 0.4) is 0 Å². The molecule has 64 valence electrons. The Kier molecular flexibility index (Phi) is 9.25. The second-order valence-electron chi connectivity index (χ2n) is 1.92. The molecule has 2 unspecified atom stereocenters. The van der Waals surface area contributed by atoms with Crippen molar-refractivity contribution in [2.45, 2.75) is 19.3 Å². The van der Waals surface area contributed by atoms with E-state index in [0.29, 0.717) is 0 Å². The highest BCUT2D eigenvalue weighted by molar-refractivity contribution is 5.85. The molecule has 0 aliphatic carbocycles. The lowest BCUT2D eigenvalue weighted by Crippen LogP contribution is -2.35. The molecule has 0 heterocycles. The molecule has 0 saturated heterocycles. The zero-order valence-corrected chi connectivity index (χ0v) is 6.64. The lowest BCUT2D eigenvalue weighted by Gasteiger charge is -2.09. The monoisotopic (exact) mass is 171 g/mol. The van der Waals surface area contributed by atoms with E-state index in [1.165, 1.54) is 0 Å². The second-order valence-corrected chi connectivity index (χ2v) is 1.92. The minimum Gasteiger partial charge on any atom is -0.394 e. The summed E-state index contributed by atoms with van der Waals surface area (Å²) in [4.78, 5) is 0. The van der Waals surface area contributed by atoms with E-state index in [1.54, 1.807) is 6.92 Å². The predicted molar refractivity (Wildman–Crippen MR) is 40.0 cm³/mol. The van der Waals surface area contributed by atoms with Crippen LogP contribution in [0.2, 0.25) is 0 Å². The number of halogens is 1. The lowest BCUT2D eigenvalue weighted by atomic mass is 10.4. The molecule has 2 atom stereocenters. The third kappa shape index (κ3) is 8.13. The van der Waals surface area contributed by atoms with Crippen LogP contribution in [0.4, 0.5) is 0 Å². The molecule has 10 heavy (non-hydrogen) atoms. The molecule has 0 saturated carbocycles. The summed E-state index contributed by atoms with van der Waals surface area (Å²) in [7, 11) is 0. The summed E-state index contributed by atoms with van der Waals surface area (Å²) in [5.41, 5.74) is 0. The van der Waals surface area contributed by atoms with Crippen molar-refractivity contribution in [3.63, 3.8) is 0 Å². The average molecular weight is 172 g/mol. The highest BCUT2D eigenvalue weighted by atomic mass is 35.5. The first-order valence-corrected chi connectivity index (χ1v) is 2.87. The van der Waals surface area contributed by atoms with Gasteiger partial charge in [-0.2, -0.15) is 0 Å². The van der Waals surface area contributed by atoms with Crippen molar-refractivity contribution in [2.75, 3.05) is 13.2 Å². The third-order valence-electron chi connectivity index (χ3n) is 0.860. The molecule has 0 aliphatic rings. The van der Waals surface area contributed by atoms with Crippen molar-refractivity contribution in [1.82, 2.24) is 5.32 Å². The van der Waals surface area contributed by atoms with E-state index in [-0.39, 0.29) is 25.6 Å². The van der Waals surface area contributed by atoms with E-state index in [4.69, 9.17) is 15.3 Å². The SMILES string of the molecule is CC(O)NCC(O)CO.Cl. The standard InChI is InChI=1S/C5H13NO3.ClH/c1-4(8)6-2-5(9)3-7;/h4-9H,2-3H2,1H3;1H. The maximum atomic E-state index is 8.68. The number of rotatable bonds is 4. The van der Waals surface area contributed by atoms with Crippen LogP contribution in [0.15, 0.2) is 0 Å². The number of aliphatic hydroxyl groups excluding tert-OH is 3. The molecule has 0 spiro atoms. The van der Waals surface area contributed by atoms with Gasteiger partial charge in [-0.1, -0.05) is 0 Å². The van der Waals surface area contributed by atoms with Crippen molar-refractivity contribution in [2.24, 2.45) is 0 Å². The highest BCUT2D eigenvalue weighted by Gasteiger charge is 2.01. The molecule has 0 fully saturated rings. The molecular weight excluding hydrogens is 158 g/mol. The van der Waals surface area contributed by atoms with E-state index in [9.17, 15) is 0 Å². The summed E-state index contributed by atoms with van der Waals surface area (Å²) in [5.74, 6) is 0. The van der Waals surface area contributed by atoms with Crippen LogP contribution >= 0.6 is 12.4 Å². The first-order valence-electron chi connectivity index (χ1n) is 2.87. The molecule has 0 rings (SSSR count). The molecule has 4 N–H and O–H groups in total. The maximum absolute atomic E-state index is 8.68. The van der Waals surface area contributed by atoms with Crippen LogP contribution in [-0.2, 0) is 0 Å². The Balaban J connectivity index is 0. The molecule has 0 aromatic carbocycles. The van der Waals surface area contributed by atoms with Gasteiger partial charge in [0.15, 0.2) is 0 Å². The fraction of sp³-hybridized carbons (Fsp3) is 1.00. The molecular formula is C5H14ClNO3. The minimum atomic E-state index is -0.778. The molecule has 0 aliphatic heterocycles. The number of aliphatic hydroxyl groups is 3. The Labute approximate surface area is 66.3 Å². The van der Waals surface area contributed by atoms with Gasteiger partial charge in [-0.05, 0) is 6.92 Å². The van der Waals surface area contributed by atoms with Gasteiger partial charge < -0.3 is 15.3 Å². The lowest BCUT2D eigenvalue weighted by molar-refractivity contribution is 0.0722. The normalized spacial score (nSPS) is 15.6. The Morgan fingerprint density at radius 1 is 1.40 bits per heavy atom. The highest BCUT2D eigenvalue weighted by Crippen LogP contribution is 1.77. The zero-order chi connectivity index (χ0) is 7.28. The van der Waals surface area contributed by atoms with Crippen molar-refractivity contribution < 1.29 is 15.3 Å². The molecule has 0 bridgehead atoms. The Morgan fingerprint density at radius 2 is 1.90 bits per heavy atom. The first kappa shape index (κ1) is 12.8. The van der Waals surface area contributed by atoms with E-state index in [1.807, 2.05) is 0 Å². The molecule has 5 heteroatoms. The number of hydrogen-bond acceptors (Lipinski definition) is 4. The van der Waals surface area contributed by atoms with E-state index in [2.05, 4.69) is 5.32 Å². The van der Waals surface area contributed by atoms with E-state index < -0.39 is 12.3 Å². The van der Waals surface area contributed by atoms with Crippen molar-refractivity contribution >= 4 is 12.4 Å². The van der Waals surface area contributed by atoms with Gasteiger partial charge in [0, 0.05) is 6.54 Å². The van der Waals surface area contributed by atoms with Gasteiger partial charge in [0.25, 0.3) is 0 Å². The topological polar surface area (TPSA) is 72.7 Å². The zero-order valence-electron chi connectivity index (χ0n) is 5.82. The fourth-order valence-corrected chi connectivity index (χ4v) is 0.371. The van der Waals surface area contributed by atoms with Crippen LogP contribution in [-0.4, -0.2) is 40.8 Å². The van der Waals surface area contributed by atoms with Gasteiger partial charge in [-0.3, -0.25) is 5.32 Å². The molecule has 4 nitrogen and oxygen atoms in total. The largest absolute Gasteiger partial charge is 0.394 e. The quantitative estimate of drug-likeness (QED) is 0.397. The van der Waals surface area contributed by atoms with Gasteiger partial charge in [-0.15, -0.1) is 12.4 Å². The van der Waals surface area contributed by atoms with Gasteiger partial charge in [0.05, 0.1) is 12.7 Å². The number of hydrogen-bond donors (Lipinski definition) is 4. The van der Waals surface area contributed by atoms with Crippen LogP contribution in [0.1, 0.15) is 6.92 Å². The van der Waals surface area contributed by atoms with Crippen LogP contribution in [0.5, 0.6) is 0 Å². The molecule has 0 aromatic rings. The second kappa shape index (κ2) is 7.24. The van der Waals surface area contributed by atoms with Crippen LogP contribution < -0.4 is 5.32 Å². The molecule has 0 amide bonds. The average Bonchev–Trinajstić information content (AvgIpc) is 1.83. The summed E-state index contributed by atoms with van der Waals surface area (Å²) in [6, 6.07) is 0. The smallest absolute Gasteiger partial charge is 0.102 e. The summed E-state index contributed by atoms with van der Waals surface area (Å²) >= 11 is 0. The van der Waals surface area contributed by atoms with E-state index >= 15 is 0 Å². The van der Waals surface area contributed by atoms with Gasteiger partial charge in [0.2, 0.25) is 0 Å². The number of nitrogens with one attached hydrogen (secondary N) is 1. The summed E-state index contributed by atoms with van der Waals surface area (Å²) in [5, 5.41) is 28.1. The van der Waals surface area contributed by atoms with Gasteiger partial charge in [0.1, 0.15) is 6.23 Å². The Morgan fingerprint density at radius 3 is 2.20 bits per heavy atom. The van der Waals surface area contributed by atoms with Crippen molar-refractivity contribution in [3.05, 3.63) is 0 Å². The van der Waals surface area contributed by atoms with Crippen molar-refractivity contribution in [3.8, 4) is 0 Å². The van der Waals surface area contributed by atoms with Gasteiger partial charge >= 0.3 is 0 Å². The van der Waals surface area contributed by atoms with Crippen molar-refractivity contribution in [1.29, 1.82) is 0 Å². The summed E-state index contributed by atoms with van der Waals surface area (Å²) in [6.45, 7) is 1.48. The Bertz CT molecular complexity index is 71.9. The Hall–Kier alpha value is 0.130. The van der Waals surface area contributed by atoms with E-state index in [0.717, 1.165) is 0 Å².